The summed E-state index contributed by atoms with van der Waals surface area (Å²) in [5, 5.41) is 16.6. The fraction of sp³-hybridized carbons (Fsp3) is 0.357. The van der Waals surface area contributed by atoms with Gasteiger partial charge in [-0.15, -0.1) is 0 Å². The molecule has 112 valence electrons. The maximum Gasteiger partial charge on any atom is 0.333 e. The summed E-state index contributed by atoms with van der Waals surface area (Å²) in [6.07, 6.45) is 2.14. The summed E-state index contributed by atoms with van der Waals surface area (Å²) in [6.45, 7) is 9.93. The Morgan fingerprint density at radius 3 is 1.85 bits per heavy atom. The van der Waals surface area contributed by atoms with Crippen molar-refractivity contribution in [1.82, 2.24) is 0 Å². The summed E-state index contributed by atoms with van der Waals surface area (Å²) >= 11 is 0. The average molecular weight is 284 g/mol. The lowest BCUT2D eigenvalue weighted by Gasteiger charge is -1.99. The molecule has 0 unspecified atom stereocenters. The third kappa shape index (κ3) is 9.64. The molecule has 0 aromatic rings. The van der Waals surface area contributed by atoms with E-state index < -0.39 is 17.9 Å². The van der Waals surface area contributed by atoms with Crippen molar-refractivity contribution in [1.29, 1.82) is 0 Å². The van der Waals surface area contributed by atoms with Gasteiger partial charge in [-0.05, 0) is 19.8 Å². The minimum atomic E-state index is -1.00. The third-order valence-electron chi connectivity index (χ3n) is 2.20. The van der Waals surface area contributed by atoms with Crippen LogP contribution in [-0.2, 0) is 19.1 Å². The van der Waals surface area contributed by atoms with Crippen LogP contribution in [0.4, 0.5) is 0 Å². The molecule has 0 rings (SSSR count). The van der Waals surface area contributed by atoms with Crippen LogP contribution >= 0.6 is 0 Å². The van der Waals surface area contributed by atoms with Crippen LogP contribution in [0.2, 0.25) is 0 Å². The highest BCUT2D eigenvalue weighted by atomic mass is 16.5. The fourth-order valence-electron chi connectivity index (χ4n) is 0.742. The third-order valence-corrected chi connectivity index (χ3v) is 2.20. The van der Waals surface area contributed by atoms with E-state index in [9.17, 15) is 14.4 Å². The van der Waals surface area contributed by atoms with E-state index >= 15 is 0 Å². The van der Waals surface area contributed by atoms with Gasteiger partial charge in [0.05, 0.1) is 7.11 Å². The number of aliphatic carboxylic acids is 2. The topological polar surface area (TPSA) is 101 Å². The van der Waals surface area contributed by atoms with Crippen LogP contribution in [0.1, 0.15) is 26.7 Å². The maximum absolute atomic E-state index is 10.8. The van der Waals surface area contributed by atoms with Gasteiger partial charge < -0.3 is 14.9 Å². The Balaban J connectivity index is 0. The van der Waals surface area contributed by atoms with Gasteiger partial charge >= 0.3 is 17.9 Å². The van der Waals surface area contributed by atoms with Crippen LogP contribution in [0.5, 0.6) is 0 Å². The van der Waals surface area contributed by atoms with E-state index in [2.05, 4.69) is 17.9 Å². The van der Waals surface area contributed by atoms with Crippen molar-refractivity contribution in [2.24, 2.45) is 0 Å². The molecule has 6 nitrogen and oxygen atoms in total. The smallest absolute Gasteiger partial charge is 0.333 e. The molecule has 0 amide bonds. The van der Waals surface area contributed by atoms with E-state index in [1.165, 1.54) is 20.1 Å². The molecule has 0 spiro atoms. The molecule has 0 aliphatic rings. The summed E-state index contributed by atoms with van der Waals surface area (Å²) < 4.78 is 4.39. The molecule has 0 aliphatic carbocycles. The molecule has 0 atom stereocenters. The number of carboxylic acids is 2. The van der Waals surface area contributed by atoms with E-state index in [1.54, 1.807) is 6.92 Å². The van der Waals surface area contributed by atoms with Crippen molar-refractivity contribution in [2.45, 2.75) is 26.7 Å². The Morgan fingerprint density at radius 2 is 1.60 bits per heavy atom. The van der Waals surface area contributed by atoms with Gasteiger partial charge in [0.15, 0.2) is 0 Å². The Morgan fingerprint density at radius 1 is 1.10 bits per heavy atom. The van der Waals surface area contributed by atoms with Gasteiger partial charge in [-0.2, -0.15) is 0 Å². The summed E-state index contributed by atoms with van der Waals surface area (Å²) in [5.41, 5.74) is 0.688. The van der Waals surface area contributed by atoms with Crippen molar-refractivity contribution >= 4 is 17.9 Å². The van der Waals surface area contributed by atoms with E-state index in [1.807, 2.05) is 0 Å². The Kier molecular flexibility index (Phi) is 10.5. The van der Waals surface area contributed by atoms with E-state index in [0.29, 0.717) is 6.42 Å². The Labute approximate surface area is 118 Å². The summed E-state index contributed by atoms with van der Waals surface area (Å²) in [5.74, 6) is -2.42. The largest absolute Gasteiger partial charge is 0.478 e. The zero-order chi connectivity index (χ0) is 16.3. The predicted octanol–water partition coefficient (Wildman–Crippen LogP) is 2.17. The second-order valence-electron chi connectivity index (χ2n) is 3.75. The highest BCUT2D eigenvalue weighted by Crippen LogP contribution is 2.04. The summed E-state index contributed by atoms with van der Waals surface area (Å²) in [4.78, 5) is 31.0. The zero-order valence-electron chi connectivity index (χ0n) is 11.9. The second kappa shape index (κ2) is 10.5. The molecule has 0 fully saturated rings. The predicted molar refractivity (Wildman–Crippen MR) is 74.2 cm³/mol. The van der Waals surface area contributed by atoms with E-state index in [-0.39, 0.29) is 23.1 Å². The number of hydrogen-bond acceptors (Lipinski definition) is 4. The van der Waals surface area contributed by atoms with Crippen LogP contribution < -0.4 is 0 Å². The molecule has 0 aromatic heterocycles. The minimum absolute atomic E-state index is 0.185. The lowest BCUT2D eigenvalue weighted by atomic mass is 10.1. The van der Waals surface area contributed by atoms with Crippen molar-refractivity contribution in [2.75, 3.05) is 7.11 Å². The second-order valence-corrected chi connectivity index (χ2v) is 3.75. The van der Waals surface area contributed by atoms with Gasteiger partial charge in [0.25, 0.3) is 0 Å². The molecule has 0 saturated carbocycles. The standard InChI is InChI=1S/C9H12O4.C5H8O2/c1-6(8(10)11)4-5-7(2)9(12)13-3;1-3-4(2)5(6)7/h4H,2,5H2,1,3H3,(H,10,11);2-3H2,1H3,(H,6,7). The fourth-order valence-corrected chi connectivity index (χ4v) is 0.742. The monoisotopic (exact) mass is 284 g/mol. The van der Waals surface area contributed by atoms with Crippen LogP contribution in [0.15, 0.2) is 36.0 Å². The number of hydrogen-bond donors (Lipinski definition) is 2. The maximum atomic E-state index is 10.8. The molecule has 0 bridgehead atoms. The lowest BCUT2D eigenvalue weighted by Crippen LogP contribution is -2.03. The van der Waals surface area contributed by atoms with E-state index in [4.69, 9.17) is 10.2 Å². The van der Waals surface area contributed by atoms with E-state index in [0.717, 1.165) is 0 Å². The number of esters is 1. The Hall–Kier alpha value is -2.37. The van der Waals surface area contributed by atoms with Crippen LogP contribution in [-0.4, -0.2) is 35.2 Å². The average Bonchev–Trinajstić information content (AvgIpc) is 2.42. The van der Waals surface area contributed by atoms with Crippen molar-refractivity contribution in [3.63, 3.8) is 0 Å². The molecule has 2 N–H and O–H groups in total. The van der Waals surface area contributed by atoms with Crippen molar-refractivity contribution < 1.29 is 29.3 Å². The SMILES string of the molecule is C=C(CC)C(=O)O.C=C(CC=C(C)C(=O)O)C(=O)OC. The molecule has 0 heterocycles. The zero-order valence-corrected chi connectivity index (χ0v) is 11.9. The molecular formula is C14H20O6. The van der Waals surface area contributed by atoms with Gasteiger partial charge in [0.1, 0.15) is 0 Å². The van der Waals surface area contributed by atoms with Gasteiger partial charge in [-0.3, -0.25) is 0 Å². The summed E-state index contributed by atoms with van der Waals surface area (Å²) in [7, 11) is 1.25. The molecular weight excluding hydrogens is 264 g/mol. The quantitative estimate of drug-likeness (QED) is 0.572. The van der Waals surface area contributed by atoms with Gasteiger partial charge in [-0.25, -0.2) is 14.4 Å². The normalized spacial score (nSPS) is 9.85. The molecule has 0 radical (unpaired) electrons. The number of rotatable bonds is 6. The van der Waals surface area contributed by atoms with Gasteiger partial charge in [0.2, 0.25) is 0 Å². The first-order valence-corrected chi connectivity index (χ1v) is 5.74. The number of allylic oxidation sites excluding steroid dienone is 1. The van der Waals surface area contributed by atoms with Gasteiger partial charge in [-0.1, -0.05) is 26.2 Å². The molecule has 0 saturated heterocycles. The number of ether oxygens (including phenoxy) is 1. The molecule has 20 heavy (non-hydrogen) atoms. The number of carbonyl (C=O) groups is 3. The van der Waals surface area contributed by atoms with Crippen LogP contribution in [0.3, 0.4) is 0 Å². The van der Waals surface area contributed by atoms with Crippen molar-refractivity contribution in [3.8, 4) is 0 Å². The number of carboxylic acid groups (broad SMARTS) is 2. The Bertz CT molecular complexity index is 431. The first-order valence-electron chi connectivity index (χ1n) is 5.74. The minimum Gasteiger partial charge on any atom is -0.478 e. The first kappa shape index (κ1) is 20.0. The van der Waals surface area contributed by atoms with Crippen molar-refractivity contribution in [3.05, 3.63) is 36.0 Å². The number of methoxy groups -OCH3 is 1. The van der Waals surface area contributed by atoms with Crippen LogP contribution in [0.25, 0.3) is 0 Å². The first-order chi connectivity index (χ1) is 9.17. The summed E-state index contributed by atoms with van der Waals surface area (Å²) in [6, 6.07) is 0. The van der Waals surface area contributed by atoms with Gasteiger partial charge in [0, 0.05) is 16.7 Å². The molecule has 0 aromatic carbocycles. The van der Waals surface area contributed by atoms with Crippen LogP contribution in [0, 0.1) is 0 Å². The number of carbonyl (C=O) groups excluding carboxylic acids is 1. The highest BCUT2D eigenvalue weighted by Gasteiger charge is 2.05. The molecule has 0 aliphatic heterocycles. The lowest BCUT2D eigenvalue weighted by molar-refractivity contribution is -0.136. The highest BCUT2D eigenvalue weighted by molar-refractivity contribution is 5.89. The molecule has 6 heteroatoms.